The third-order valence-corrected chi connectivity index (χ3v) is 4.87. The van der Waals surface area contributed by atoms with Crippen LogP contribution in [0.2, 0.25) is 0 Å². The third-order valence-electron chi connectivity index (χ3n) is 3.82. The van der Waals surface area contributed by atoms with E-state index in [1.807, 2.05) is 0 Å². The largest absolute Gasteiger partial charge is 0.381 e. The molecule has 88 valence electrons. The van der Waals surface area contributed by atoms with Crippen LogP contribution in [0.25, 0.3) is 0 Å². The molecule has 0 radical (unpaired) electrons. The standard InChI is InChI=1S/C12H23NOS/c13-12(11-1-5-14-6-2-11)9-10-3-7-15-8-4-10/h10-12H,1-9,13H2. The monoisotopic (exact) mass is 229 g/mol. The first kappa shape index (κ1) is 11.7. The van der Waals surface area contributed by atoms with Gasteiger partial charge in [0.15, 0.2) is 0 Å². The van der Waals surface area contributed by atoms with E-state index in [0.29, 0.717) is 6.04 Å². The first-order valence-electron chi connectivity index (χ1n) is 6.27. The topological polar surface area (TPSA) is 35.2 Å². The maximum atomic E-state index is 6.32. The SMILES string of the molecule is NC(CC1CCSCC1)C1CCOCC1. The van der Waals surface area contributed by atoms with Crippen LogP contribution in [0.3, 0.4) is 0 Å². The second-order valence-electron chi connectivity index (χ2n) is 4.91. The van der Waals surface area contributed by atoms with Crippen LogP contribution in [0.4, 0.5) is 0 Å². The molecule has 15 heavy (non-hydrogen) atoms. The minimum atomic E-state index is 0.432. The fraction of sp³-hybridized carbons (Fsp3) is 1.00. The summed E-state index contributed by atoms with van der Waals surface area (Å²) in [6, 6.07) is 0.432. The molecule has 0 aromatic rings. The van der Waals surface area contributed by atoms with Gasteiger partial charge in [0, 0.05) is 19.3 Å². The van der Waals surface area contributed by atoms with Gasteiger partial charge in [-0.3, -0.25) is 0 Å². The van der Waals surface area contributed by atoms with Crippen molar-refractivity contribution >= 4 is 11.8 Å². The molecule has 0 spiro atoms. The smallest absolute Gasteiger partial charge is 0.0469 e. The van der Waals surface area contributed by atoms with Gasteiger partial charge in [0.05, 0.1) is 0 Å². The Morgan fingerprint density at radius 2 is 1.80 bits per heavy atom. The van der Waals surface area contributed by atoms with Crippen LogP contribution in [0.1, 0.15) is 32.1 Å². The minimum Gasteiger partial charge on any atom is -0.381 e. The van der Waals surface area contributed by atoms with Crippen molar-refractivity contribution < 1.29 is 4.74 Å². The summed E-state index contributed by atoms with van der Waals surface area (Å²) >= 11 is 2.10. The highest BCUT2D eigenvalue weighted by Crippen LogP contribution is 2.29. The van der Waals surface area contributed by atoms with E-state index in [1.54, 1.807) is 0 Å². The van der Waals surface area contributed by atoms with E-state index < -0.39 is 0 Å². The highest BCUT2D eigenvalue weighted by atomic mass is 32.2. The summed E-state index contributed by atoms with van der Waals surface area (Å²) < 4.78 is 5.38. The van der Waals surface area contributed by atoms with E-state index in [-0.39, 0.29) is 0 Å². The molecular formula is C12H23NOS. The van der Waals surface area contributed by atoms with Gasteiger partial charge in [0.2, 0.25) is 0 Å². The molecular weight excluding hydrogens is 206 g/mol. The second kappa shape index (κ2) is 6.12. The van der Waals surface area contributed by atoms with E-state index in [0.717, 1.165) is 25.0 Å². The second-order valence-corrected chi connectivity index (χ2v) is 6.13. The van der Waals surface area contributed by atoms with Gasteiger partial charge >= 0.3 is 0 Å². The lowest BCUT2D eigenvalue weighted by molar-refractivity contribution is 0.0553. The lowest BCUT2D eigenvalue weighted by atomic mass is 9.84. The molecule has 2 nitrogen and oxygen atoms in total. The zero-order chi connectivity index (χ0) is 10.5. The molecule has 0 amide bonds. The zero-order valence-electron chi connectivity index (χ0n) is 9.49. The van der Waals surface area contributed by atoms with E-state index >= 15 is 0 Å². The third kappa shape index (κ3) is 3.65. The Hall–Kier alpha value is 0.270. The normalized spacial score (nSPS) is 27.8. The van der Waals surface area contributed by atoms with Crippen LogP contribution in [0.15, 0.2) is 0 Å². The number of ether oxygens (including phenoxy) is 1. The van der Waals surface area contributed by atoms with Crippen LogP contribution >= 0.6 is 11.8 Å². The average molecular weight is 229 g/mol. The van der Waals surface area contributed by atoms with Gasteiger partial charge in [-0.15, -0.1) is 0 Å². The molecule has 0 aromatic carbocycles. The molecule has 2 rings (SSSR count). The molecule has 0 aromatic heterocycles. The van der Waals surface area contributed by atoms with Crippen LogP contribution in [0, 0.1) is 11.8 Å². The Bertz CT molecular complexity index is 176. The van der Waals surface area contributed by atoms with E-state index in [9.17, 15) is 0 Å². The lowest BCUT2D eigenvalue weighted by Gasteiger charge is -2.31. The molecule has 0 bridgehead atoms. The predicted molar refractivity (Wildman–Crippen MR) is 66.2 cm³/mol. The number of nitrogens with two attached hydrogens (primary N) is 1. The van der Waals surface area contributed by atoms with Crippen molar-refractivity contribution in [2.75, 3.05) is 24.7 Å². The summed E-state index contributed by atoms with van der Waals surface area (Å²) in [4.78, 5) is 0. The van der Waals surface area contributed by atoms with Gasteiger partial charge in [0.25, 0.3) is 0 Å². The predicted octanol–water partition coefficient (Wildman–Crippen LogP) is 2.27. The summed E-state index contributed by atoms with van der Waals surface area (Å²) in [5.74, 6) is 4.34. The first-order valence-corrected chi connectivity index (χ1v) is 7.43. The van der Waals surface area contributed by atoms with Crippen LogP contribution in [-0.4, -0.2) is 30.8 Å². The maximum absolute atomic E-state index is 6.32. The number of hydrogen-bond donors (Lipinski definition) is 1. The molecule has 2 aliphatic heterocycles. The molecule has 3 heteroatoms. The number of thioether (sulfide) groups is 1. The van der Waals surface area contributed by atoms with Gasteiger partial charge < -0.3 is 10.5 Å². The van der Waals surface area contributed by atoms with E-state index in [4.69, 9.17) is 10.5 Å². The highest BCUT2D eigenvalue weighted by molar-refractivity contribution is 7.99. The Balaban J connectivity index is 1.72. The Morgan fingerprint density at radius 1 is 1.13 bits per heavy atom. The van der Waals surface area contributed by atoms with Crippen LogP contribution < -0.4 is 5.73 Å². The fourth-order valence-electron chi connectivity index (χ4n) is 2.70. The summed E-state index contributed by atoms with van der Waals surface area (Å²) in [5, 5.41) is 0. The number of hydrogen-bond acceptors (Lipinski definition) is 3. The molecule has 2 saturated heterocycles. The van der Waals surface area contributed by atoms with E-state index in [1.165, 1.54) is 43.6 Å². The number of rotatable bonds is 3. The minimum absolute atomic E-state index is 0.432. The Kier molecular flexibility index (Phi) is 4.79. The van der Waals surface area contributed by atoms with Crippen molar-refractivity contribution in [3.8, 4) is 0 Å². The average Bonchev–Trinajstić information content (AvgIpc) is 2.31. The Labute approximate surface area is 97.3 Å². The van der Waals surface area contributed by atoms with Gasteiger partial charge in [0.1, 0.15) is 0 Å². The van der Waals surface area contributed by atoms with Crippen molar-refractivity contribution in [2.24, 2.45) is 17.6 Å². The summed E-state index contributed by atoms with van der Waals surface area (Å²) in [6.45, 7) is 1.86. The van der Waals surface area contributed by atoms with Gasteiger partial charge in [-0.2, -0.15) is 11.8 Å². The summed E-state index contributed by atoms with van der Waals surface area (Å²) in [6.07, 6.45) is 6.40. The van der Waals surface area contributed by atoms with Gasteiger partial charge in [-0.05, 0) is 55.4 Å². The fourth-order valence-corrected chi connectivity index (χ4v) is 3.91. The molecule has 2 heterocycles. The molecule has 1 unspecified atom stereocenters. The summed E-state index contributed by atoms with van der Waals surface area (Å²) in [5.41, 5.74) is 6.32. The molecule has 0 saturated carbocycles. The van der Waals surface area contributed by atoms with Crippen molar-refractivity contribution in [2.45, 2.75) is 38.1 Å². The molecule has 2 fully saturated rings. The molecule has 0 aliphatic carbocycles. The Morgan fingerprint density at radius 3 is 2.47 bits per heavy atom. The molecule has 2 N–H and O–H groups in total. The molecule has 2 aliphatic rings. The van der Waals surface area contributed by atoms with Crippen molar-refractivity contribution in [3.05, 3.63) is 0 Å². The molecule has 1 atom stereocenters. The van der Waals surface area contributed by atoms with Crippen LogP contribution in [-0.2, 0) is 4.74 Å². The highest BCUT2D eigenvalue weighted by Gasteiger charge is 2.24. The summed E-state index contributed by atoms with van der Waals surface area (Å²) in [7, 11) is 0. The zero-order valence-corrected chi connectivity index (χ0v) is 10.3. The maximum Gasteiger partial charge on any atom is 0.0469 e. The van der Waals surface area contributed by atoms with Gasteiger partial charge in [-0.1, -0.05) is 0 Å². The quantitative estimate of drug-likeness (QED) is 0.806. The lowest BCUT2D eigenvalue weighted by Crippen LogP contribution is -2.36. The van der Waals surface area contributed by atoms with Crippen LogP contribution in [0.5, 0.6) is 0 Å². The van der Waals surface area contributed by atoms with E-state index in [2.05, 4.69) is 11.8 Å². The van der Waals surface area contributed by atoms with Gasteiger partial charge in [-0.25, -0.2) is 0 Å². The van der Waals surface area contributed by atoms with Crippen molar-refractivity contribution in [3.63, 3.8) is 0 Å². The first-order chi connectivity index (χ1) is 7.36. The van der Waals surface area contributed by atoms with Crippen molar-refractivity contribution in [1.82, 2.24) is 0 Å². The van der Waals surface area contributed by atoms with Crippen molar-refractivity contribution in [1.29, 1.82) is 0 Å².